The Kier molecular flexibility index (Phi) is 11.7. The summed E-state index contributed by atoms with van der Waals surface area (Å²) >= 11 is 0. The number of hydrogen-bond donors (Lipinski definition) is 2. The molecular formula is C33H49N3O9S. The van der Waals surface area contributed by atoms with Gasteiger partial charge in [0.2, 0.25) is 10.0 Å². The molecule has 0 spiro atoms. The Morgan fingerprint density at radius 3 is 2.15 bits per heavy atom. The average Bonchev–Trinajstić information content (AvgIpc) is 3.24. The minimum atomic E-state index is -4.25. The Bertz CT molecular complexity index is 1420. The topological polar surface area (TPSA) is 144 Å². The lowest BCUT2D eigenvalue weighted by molar-refractivity contribution is -0.0630. The number of sulfonamides is 1. The molecule has 1 fully saturated rings. The lowest BCUT2D eigenvalue weighted by Gasteiger charge is -2.37. The summed E-state index contributed by atoms with van der Waals surface area (Å²) in [6.07, 6.45) is -2.59. The van der Waals surface area contributed by atoms with Crippen molar-refractivity contribution < 1.29 is 42.1 Å². The summed E-state index contributed by atoms with van der Waals surface area (Å²) < 4.78 is 51.7. The van der Waals surface area contributed by atoms with Gasteiger partial charge in [-0.05, 0) is 91.6 Å². The number of carbonyl (C=O) groups is 2. The number of nitrogens with one attached hydrogen (secondary N) is 1. The number of aliphatic hydroxyl groups excluding tert-OH is 1. The zero-order chi connectivity index (χ0) is 34.5. The molecule has 3 atom stereocenters. The van der Waals surface area contributed by atoms with Gasteiger partial charge in [0.1, 0.15) is 22.7 Å². The highest BCUT2D eigenvalue weighted by atomic mass is 32.2. The predicted molar refractivity (Wildman–Crippen MR) is 173 cm³/mol. The first-order valence-corrected chi connectivity index (χ1v) is 16.7. The molecule has 0 bridgehead atoms. The van der Waals surface area contributed by atoms with Crippen molar-refractivity contribution in [2.24, 2.45) is 0 Å². The van der Waals surface area contributed by atoms with E-state index in [1.54, 1.807) is 55.4 Å². The van der Waals surface area contributed by atoms with Gasteiger partial charge >= 0.3 is 12.2 Å². The molecule has 2 aromatic rings. The van der Waals surface area contributed by atoms with Crippen LogP contribution in [0.5, 0.6) is 5.75 Å². The summed E-state index contributed by atoms with van der Waals surface area (Å²) in [7, 11) is -2.78. The first-order valence-electron chi connectivity index (χ1n) is 15.2. The van der Waals surface area contributed by atoms with Crippen molar-refractivity contribution in [3.05, 3.63) is 60.2 Å². The van der Waals surface area contributed by atoms with Gasteiger partial charge in [-0.2, -0.15) is 4.31 Å². The lowest BCUT2D eigenvalue weighted by Crippen LogP contribution is -2.56. The van der Waals surface area contributed by atoms with Crippen LogP contribution in [0, 0.1) is 0 Å². The molecule has 3 rings (SSSR count). The number of aliphatic hydroxyl groups is 1. The third-order valence-corrected chi connectivity index (χ3v) is 8.98. The molecule has 0 saturated carbocycles. The first-order chi connectivity index (χ1) is 21.2. The molecule has 1 saturated heterocycles. The maximum atomic E-state index is 14.2. The molecule has 0 unspecified atom stereocenters. The second kappa shape index (κ2) is 14.6. The molecule has 1 heterocycles. The van der Waals surface area contributed by atoms with Gasteiger partial charge in [-0.25, -0.2) is 18.0 Å². The standard InChI is InChI=1S/C33H49N3O9S/c1-31(2,3)44-29(38)34-27(19-23-13-11-10-12-14-23)28(37)21-35(46(40,41)26-17-15-25(42-9)16-18-26)20-24-22-43-33(7,8)36(24)30(39)45-32(4,5)6/h10-18,24,27-28,37H,19-22H2,1-9H3,(H,34,38)/t24-,27+,28-/m1/s1. The minimum absolute atomic E-state index is 0.0283. The van der Waals surface area contributed by atoms with E-state index in [-0.39, 0.29) is 24.5 Å². The second-order valence-corrected chi connectivity index (χ2v) is 15.7. The fourth-order valence-corrected chi connectivity index (χ4v) is 6.54. The van der Waals surface area contributed by atoms with Gasteiger partial charge in [0.25, 0.3) is 0 Å². The number of benzene rings is 2. The van der Waals surface area contributed by atoms with E-state index in [1.807, 2.05) is 30.3 Å². The molecule has 1 aliphatic heterocycles. The quantitative estimate of drug-likeness (QED) is 0.354. The third kappa shape index (κ3) is 10.3. The molecule has 2 aromatic carbocycles. The summed E-state index contributed by atoms with van der Waals surface area (Å²) in [6.45, 7) is 13.2. The molecule has 12 nitrogen and oxygen atoms in total. The van der Waals surface area contributed by atoms with Crippen LogP contribution in [0.2, 0.25) is 0 Å². The number of ether oxygens (including phenoxy) is 4. The van der Waals surface area contributed by atoms with E-state index in [9.17, 15) is 23.1 Å². The molecule has 256 valence electrons. The molecular weight excluding hydrogens is 614 g/mol. The van der Waals surface area contributed by atoms with Crippen LogP contribution in [0.1, 0.15) is 61.0 Å². The summed E-state index contributed by atoms with van der Waals surface area (Å²) in [5.74, 6) is 0.470. The van der Waals surface area contributed by atoms with Gasteiger partial charge in [-0.3, -0.25) is 4.90 Å². The number of rotatable bonds is 11. The monoisotopic (exact) mass is 663 g/mol. The third-order valence-electron chi connectivity index (χ3n) is 7.13. The maximum absolute atomic E-state index is 14.2. The van der Waals surface area contributed by atoms with Crippen molar-refractivity contribution in [2.45, 2.75) is 102 Å². The normalized spacial score (nSPS) is 18.2. The fraction of sp³-hybridized carbons (Fsp3) is 0.576. The molecule has 0 aromatic heterocycles. The van der Waals surface area contributed by atoms with Crippen LogP contribution in [-0.4, -0.2) is 96.8 Å². The zero-order valence-corrected chi connectivity index (χ0v) is 29.1. The van der Waals surface area contributed by atoms with Gasteiger partial charge in [0.15, 0.2) is 0 Å². The summed E-state index contributed by atoms with van der Waals surface area (Å²) in [6, 6.07) is 13.4. The predicted octanol–water partition coefficient (Wildman–Crippen LogP) is 4.55. The van der Waals surface area contributed by atoms with E-state index in [4.69, 9.17) is 18.9 Å². The Labute approximate surface area is 273 Å². The number of alkyl carbamates (subject to hydrolysis) is 1. The van der Waals surface area contributed by atoms with E-state index in [0.29, 0.717) is 5.75 Å². The van der Waals surface area contributed by atoms with Gasteiger partial charge in [0.05, 0.1) is 36.8 Å². The van der Waals surface area contributed by atoms with E-state index < -0.39 is 63.9 Å². The van der Waals surface area contributed by atoms with Crippen LogP contribution < -0.4 is 10.1 Å². The number of carbonyl (C=O) groups excluding carboxylic acids is 2. The molecule has 46 heavy (non-hydrogen) atoms. The fourth-order valence-electron chi connectivity index (χ4n) is 5.05. The van der Waals surface area contributed by atoms with E-state index in [2.05, 4.69) is 5.32 Å². The van der Waals surface area contributed by atoms with Crippen LogP contribution in [0.4, 0.5) is 9.59 Å². The summed E-state index contributed by atoms with van der Waals surface area (Å²) in [4.78, 5) is 27.6. The van der Waals surface area contributed by atoms with Gasteiger partial charge in [-0.1, -0.05) is 30.3 Å². The highest BCUT2D eigenvalue weighted by molar-refractivity contribution is 7.89. The minimum Gasteiger partial charge on any atom is -0.497 e. The average molecular weight is 664 g/mol. The second-order valence-electron chi connectivity index (χ2n) is 13.8. The molecule has 13 heteroatoms. The first kappa shape index (κ1) is 37.1. The van der Waals surface area contributed by atoms with Crippen molar-refractivity contribution in [1.82, 2.24) is 14.5 Å². The van der Waals surface area contributed by atoms with Crippen molar-refractivity contribution in [3.8, 4) is 5.75 Å². The van der Waals surface area contributed by atoms with Gasteiger partial charge < -0.3 is 29.4 Å². The Morgan fingerprint density at radius 2 is 1.61 bits per heavy atom. The molecule has 2 amide bonds. The molecule has 0 aliphatic carbocycles. The van der Waals surface area contributed by atoms with Crippen molar-refractivity contribution in [2.75, 3.05) is 26.8 Å². The Balaban J connectivity index is 2.00. The maximum Gasteiger partial charge on any atom is 0.412 e. The zero-order valence-electron chi connectivity index (χ0n) is 28.3. The van der Waals surface area contributed by atoms with Crippen molar-refractivity contribution in [1.29, 1.82) is 0 Å². The van der Waals surface area contributed by atoms with Crippen molar-refractivity contribution in [3.63, 3.8) is 0 Å². The van der Waals surface area contributed by atoms with Crippen LogP contribution >= 0.6 is 0 Å². The SMILES string of the molecule is COc1ccc(S(=O)(=O)N(C[C@@H]2COC(C)(C)N2C(=O)OC(C)(C)C)C[C@@H](O)[C@H](Cc2ccccc2)NC(=O)OC(C)(C)C)cc1. The number of methoxy groups -OCH3 is 1. The smallest absolute Gasteiger partial charge is 0.412 e. The van der Waals surface area contributed by atoms with Crippen LogP contribution in [0.25, 0.3) is 0 Å². The van der Waals surface area contributed by atoms with Crippen LogP contribution in [-0.2, 0) is 30.7 Å². The number of hydrogen-bond acceptors (Lipinski definition) is 9. The Morgan fingerprint density at radius 1 is 1.02 bits per heavy atom. The molecule has 1 aliphatic rings. The van der Waals surface area contributed by atoms with Crippen LogP contribution in [0.15, 0.2) is 59.5 Å². The van der Waals surface area contributed by atoms with E-state index in [0.717, 1.165) is 9.87 Å². The number of amides is 2. The molecule has 0 radical (unpaired) electrons. The van der Waals surface area contributed by atoms with Gasteiger partial charge in [-0.15, -0.1) is 0 Å². The summed E-state index contributed by atoms with van der Waals surface area (Å²) in [5, 5.41) is 14.4. The Hall–Kier alpha value is -3.39. The highest BCUT2D eigenvalue weighted by Gasteiger charge is 2.47. The molecule has 2 N–H and O–H groups in total. The summed E-state index contributed by atoms with van der Waals surface area (Å²) in [5.41, 5.74) is -1.87. The van der Waals surface area contributed by atoms with Crippen LogP contribution in [0.3, 0.4) is 0 Å². The largest absolute Gasteiger partial charge is 0.497 e. The number of nitrogens with zero attached hydrogens (tertiary/aromatic N) is 2. The highest BCUT2D eigenvalue weighted by Crippen LogP contribution is 2.31. The lowest BCUT2D eigenvalue weighted by atomic mass is 10.0. The van der Waals surface area contributed by atoms with E-state index >= 15 is 0 Å². The van der Waals surface area contributed by atoms with Gasteiger partial charge in [0, 0.05) is 13.1 Å². The van der Waals surface area contributed by atoms with E-state index in [1.165, 1.54) is 36.3 Å². The van der Waals surface area contributed by atoms with Crippen molar-refractivity contribution >= 4 is 22.2 Å².